The van der Waals surface area contributed by atoms with E-state index in [0.29, 0.717) is 21.5 Å². The molecule has 0 bridgehead atoms. The van der Waals surface area contributed by atoms with Crippen molar-refractivity contribution in [1.29, 1.82) is 0 Å². The third-order valence-electron chi connectivity index (χ3n) is 3.38. The Balaban J connectivity index is 1.93. The molecule has 0 saturated heterocycles. The molecule has 23 heavy (non-hydrogen) atoms. The minimum atomic E-state index is -0.161. The van der Waals surface area contributed by atoms with Crippen molar-refractivity contribution in [2.24, 2.45) is 0 Å². The van der Waals surface area contributed by atoms with Crippen molar-refractivity contribution in [1.82, 2.24) is 5.32 Å². The Morgan fingerprint density at radius 2 is 1.96 bits per heavy atom. The van der Waals surface area contributed by atoms with E-state index >= 15 is 0 Å². The van der Waals surface area contributed by atoms with Gasteiger partial charge in [0.1, 0.15) is 5.75 Å². The van der Waals surface area contributed by atoms with E-state index < -0.39 is 0 Å². The minimum absolute atomic E-state index is 0.0804. The fourth-order valence-electron chi connectivity index (χ4n) is 2.15. The van der Waals surface area contributed by atoms with Gasteiger partial charge in [-0.1, -0.05) is 41.4 Å². The van der Waals surface area contributed by atoms with Crippen LogP contribution in [-0.2, 0) is 4.79 Å². The Morgan fingerprint density at radius 1 is 1.22 bits per heavy atom. The molecule has 0 aromatic heterocycles. The highest BCUT2D eigenvalue weighted by Gasteiger charge is 2.12. The van der Waals surface area contributed by atoms with Crippen LogP contribution < -0.4 is 15.4 Å². The number of carbonyl (C=O) groups is 1. The second-order valence-electron chi connectivity index (χ2n) is 5.02. The highest BCUT2D eigenvalue weighted by atomic mass is 35.5. The molecule has 2 aromatic rings. The molecule has 1 atom stereocenters. The number of rotatable bonds is 6. The molecule has 2 rings (SSSR count). The summed E-state index contributed by atoms with van der Waals surface area (Å²) in [5, 5.41) is 7.10. The number of carbonyl (C=O) groups excluding carboxylic acids is 1. The summed E-state index contributed by atoms with van der Waals surface area (Å²) in [6.07, 6.45) is 0. The largest absolute Gasteiger partial charge is 0.495 e. The monoisotopic (exact) mass is 352 g/mol. The van der Waals surface area contributed by atoms with Crippen LogP contribution in [0.2, 0.25) is 10.0 Å². The molecule has 2 aromatic carbocycles. The van der Waals surface area contributed by atoms with Crippen LogP contribution in [0.4, 0.5) is 5.69 Å². The first kappa shape index (κ1) is 17.6. The van der Waals surface area contributed by atoms with E-state index in [9.17, 15) is 4.79 Å². The van der Waals surface area contributed by atoms with Crippen molar-refractivity contribution in [2.75, 3.05) is 19.0 Å². The van der Waals surface area contributed by atoms with Gasteiger partial charge < -0.3 is 15.4 Å². The zero-order chi connectivity index (χ0) is 16.8. The third kappa shape index (κ3) is 4.86. The van der Waals surface area contributed by atoms with E-state index in [1.54, 1.807) is 31.4 Å². The first-order chi connectivity index (χ1) is 11.0. The van der Waals surface area contributed by atoms with Gasteiger partial charge >= 0.3 is 0 Å². The summed E-state index contributed by atoms with van der Waals surface area (Å²) in [6, 6.07) is 12.5. The fourth-order valence-corrected chi connectivity index (χ4v) is 2.72. The molecule has 0 aliphatic carbocycles. The van der Waals surface area contributed by atoms with Crippen LogP contribution in [-0.4, -0.2) is 19.6 Å². The Labute approximate surface area is 145 Å². The van der Waals surface area contributed by atoms with Gasteiger partial charge in [-0.3, -0.25) is 4.79 Å². The quantitative estimate of drug-likeness (QED) is 0.815. The summed E-state index contributed by atoms with van der Waals surface area (Å²) in [5.41, 5.74) is 1.53. The molecular formula is C17H18Cl2N2O2. The van der Waals surface area contributed by atoms with Gasteiger partial charge in [0.2, 0.25) is 5.91 Å². The van der Waals surface area contributed by atoms with Crippen molar-refractivity contribution in [3.63, 3.8) is 0 Å². The molecule has 0 radical (unpaired) electrons. The molecule has 4 nitrogen and oxygen atoms in total. The molecule has 2 N–H and O–H groups in total. The lowest BCUT2D eigenvalue weighted by molar-refractivity contribution is -0.115. The summed E-state index contributed by atoms with van der Waals surface area (Å²) in [5.74, 6) is 0.459. The predicted octanol–water partition coefficient (Wildman–Crippen LogP) is 4.29. The lowest BCUT2D eigenvalue weighted by Crippen LogP contribution is -2.30. The second-order valence-corrected chi connectivity index (χ2v) is 5.86. The molecule has 0 aliphatic heterocycles. The maximum Gasteiger partial charge on any atom is 0.238 e. The second kappa shape index (κ2) is 8.20. The lowest BCUT2D eigenvalue weighted by atomic mass is 10.1. The summed E-state index contributed by atoms with van der Waals surface area (Å²) in [7, 11) is 1.56. The number of halogens is 2. The molecule has 0 spiro atoms. The zero-order valence-corrected chi connectivity index (χ0v) is 14.4. The molecule has 0 unspecified atom stereocenters. The van der Waals surface area contributed by atoms with E-state index in [-0.39, 0.29) is 18.5 Å². The maximum absolute atomic E-state index is 12.1. The Kier molecular flexibility index (Phi) is 6.28. The Morgan fingerprint density at radius 3 is 2.65 bits per heavy atom. The van der Waals surface area contributed by atoms with Crippen molar-refractivity contribution in [2.45, 2.75) is 13.0 Å². The summed E-state index contributed by atoms with van der Waals surface area (Å²) in [6.45, 7) is 2.09. The van der Waals surface area contributed by atoms with Crippen molar-refractivity contribution in [3.8, 4) is 5.75 Å². The van der Waals surface area contributed by atoms with Gasteiger partial charge in [0.15, 0.2) is 0 Å². The molecule has 0 fully saturated rings. The molecular weight excluding hydrogens is 335 g/mol. The predicted molar refractivity (Wildman–Crippen MR) is 94.5 cm³/mol. The number of nitrogens with one attached hydrogen (secondary N) is 2. The minimum Gasteiger partial charge on any atom is -0.495 e. The van der Waals surface area contributed by atoms with Gasteiger partial charge in [-0.25, -0.2) is 0 Å². The number of methoxy groups -OCH3 is 1. The van der Waals surface area contributed by atoms with Crippen LogP contribution in [0, 0.1) is 0 Å². The first-order valence-electron chi connectivity index (χ1n) is 7.12. The summed E-state index contributed by atoms with van der Waals surface area (Å²) in [4.78, 5) is 12.1. The fraction of sp³-hybridized carbons (Fsp3) is 0.235. The van der Waals surface area contributed by atoms with Gasteiger partial charge in [-0.05, 0) is 36.8 Å². The first-order valence-corrected chi connectivity index (χ1v) is 7.88. The van der Waals surface area contributed by atoms with E-state index in [1.807, 2.05) is 25.1 Å². The molecule has 0 aliphatic rings. The summed E-state index contributed by atoms with van der Waals surface area (Å²) < 4.78 is 5.20. The molecule has 0 saturated carbocycles. The normalized spacial score (nSPS) is 11.8. The number of hydrogen-bond acceptors (Lipinski definition) is 3. The third-order valence-corrected chi connectivity index (χ3v) is 3.94. The SMILES string of the molecule is COc1ccccc1NC(=O)CN[C@H](C)c1ccc(Cl)cc1Cl. The van der Waals surface area contributed by atoms with Crippen LogP contribution in [0.3, 0.4) is 0 Å². The van der Waals surface area contributed by atoms with E-state index in [2.05, 4.69) is 10.6 Å². The molecule has 0 heterocycles. The highest BCUT2D eigenvalue weighted by Crippen LogP contribution is 2.26. The number of benzene rings is 2. The van der Waals surface area contributed by atoms with Crippen molar-refractivity contribution >= 4 is 34.8 Å². The number of amides is 1. The van der Waals surface area contributed by atoms with Gasteiger partial charge in [0.25, 0.3) is 0 Å². The van der Waals surface area contributed by atoms with Crippen molar-refractivity contribution < 1.29 is 9.53 Å². The van der Waals surface area contributed by atoms with Crippen LogP contribution in [0.1, 0.15) is 18.5 Å². The summed E-state index contributed by atoms with van der Waals surface area (Å²) >= 11 is 12.1. The number of ether oxygens (including phenoxy) is 1. The van der Waals surface area contributed by atoms with Gasteiger partial charge in [-0.15, -0.1) is 0 Å². The Hall–Kier alpha value is -1.75. The average molecular weight is 353 g/mol. The zero-order valence-electron chi connectivity index (χ0n) is 12.9. The lowest BCUT2D eigenvalue weighted by Gasteiger charge is -2.16. The average Bonchev–Trinajstić information content (AvgIpc) is 2.53. The number of anilines is 1. The molecule has 1 amide bonds. The van der Waals surface area contributed by atoms with Gasteiger partial charge in [0, 0.05) is 16.1 Å². The maximum atomic E-state index is 12.1. The van der Waals surface area contributed by atoms with Gasteiger partial charge in [0.05, 0.1) is 19.3 Å². The molecule has 122 valence electrons. The number of hydrogen-bond donors (Lipinski definition) is 2. The van der Waals surface area contributed by atoms with Gasteiger partial charge in [-0.2, -0.15) is 0 Å². The highest BCUT2D eigenvalue weighted by molar-refractivity contribution is 6.35. The number of para-hydroxylation sites is 2. The smallest absolute Gasteiger partial charge is 0.238 e. The van der Waals surface area contributed by atoms with Crippen LogP contribution >= 0.6 is 23.2 Å². The molecule has 6 heteroatoms. The van der Waals surface area contributed by atoms with E-state index in [4.69, 9.17) is 27.9 Å². The van der Waals surface area contributed by atoms with E-state index in [1.165, 1.54) is 0 Å². The van der Waals surface area contributed by atoms with E-state index in [0.717, 1.165) is 5.56 Å². The van der Waals surface area contributed by atoms with Crippen LogP contribution in [0.25, 0.3) is 0 Å². The Bertz CT molecular complexity index is 692. The van der Waals surface area contributed by atoms with Crippen molar-refractivity contribution in [3.05, 3.63) is 58.1 Å². The van der Waals surface area contributed by atoms with Crippen LogP contribution in [0.15, 0.2) is 42.5 Å². The van der Waals surface area contributed by atoms with Crippen LogP contribution in [0.5, 0.6) is 5.75 Å². The standard InChI is InChI=1S/C17H18Cl2N2O2/c1-11(13-8-7-12(18)9-14(13)19)20-10-17(22)21-15-5-3-4-6-16(15)23-2/h3-9,11,20H,10H2,1-2H3,(H,21,22)/t11-/m1/s1. The topological polar surface area (TPSA) is 50.4 Å².